The van der Waals surface area contributed by atoms with Crippen molar-refractivity contribution in [2.75, 3.05) is 5.32 Å². The zero-order valence-corrected chi connectivity index (χ0v) is 12.7. The van der Waals surface area contributed by atoms with Crippen LogP contribution in [0.2, 0.25) is 0 Å². The maximum absolute atomic E-state index is 12.7. The summed E-state index contributed by atoms with van der Waals surface area (Å²) in [7, 11) is 0.955. The van der Waals surface area contributed by atoms with Crippen molar-refractivity contribution in [3.63, 3.8) is 0 Å². The van der Waals surface area contributed by atoms with Gasteiger partial charge in [0.25, 0.3) is 0 Å². The van der Waals surface area contributed by atoms with Crippen LogP contribution in [0.5, 0.6) is 0 Å². The third-order valence-electron chi connectivity index (χ3n) is 3.24. The van der Waals surface area contributed by atoms with Gasteiger partial charge in [0.1, 0.15) is 6.54 Å². The number of nitrogens with one attached hydrogen (secondary N) is 1. The molecule has 0 saturated heterocycles. The van der Waals surface area contributed by atoms with Gasteiger partial charge in [0.05, 0.1) is 0 Å². The lowest BCUT2D eigenvalue weighted by Gasteiger charge is -2.08. The van der Waals surface area contributed by atoms with Gasteiger partial charge in [-0.05, 0) is 25.5 Å². The first-order valence-electron chi connectivity index (χ1n) is 6.67. The summed E-state index contributed by atoms with van der Waals surface area (Å²) in [6.45, 7) is 3.08. The van der Waals surface area contributed by atoms with Gasteiger partial charge in [0, 0.05) is 12.7 Å². The molecule has 0 saturated carbocycles. The van der Waals surface area contributed by atoms with Crippen LogP contribution in [-0.2, 0) is 24.6 Å². The van der Waals surface area contributed by atoms with Crippen LogP contribution in [0, 0.1) is 13.8 Å². The number of hydrogen-bond acceptors (Lipinski definition) is 3. The molecule has 1 aromatic heterocycles. The molecule has 1 aromatic carbocycles. The predicted octanol–water partition coefficient (Wildman–Crippen LogP) is 1.86. The fourth-order valence-corrected chi connectivity index (χ4v) is 2.12. The summed E-state index contributed by atoms with van der Waals surface area (Å²) in [6.07, 6.45) is -4.76. The van der Waals surface area contributed by atoms with Crippen molar-refractivity contribution in [3.8, 4) is 0 Å². The average Bonchev–Trinajstić information content (AvgIpc) is 2.70. The fraction of sp³-hybridized carbons (Fsp3) is 0.357. The van der Waals surface area contributed by atoms with Gasteiger partial charge in [-0.2, -0.15) is 13.2 Å². The maximum Gasteiger partial charge on any atom is 0.451 e. The number of rotatable bonds is 3. The molecule has 2 aromatic rings. The van der Waals surface area contributed by atoms with Crippen molar-refractivity contribution in [3.05, 3.63) is 45.6 Å². The molecule has 0 aliphatic heterocycles. The second kappa shape index (κ2) is 5.90. The van der Waals surface area contributed by atoms with Gasteiger partial charge in [0.2, 0.25) is 11.7 Å². The summed E-state index contributed by atoms with van der Waals surface area (Å²) in [5, 5.41) is 5.73. The molecule has 0 aliphatic rings. The SMILES string of the molecule is Cc1ccc(NC(=O)Cn2nc(C(F)(F)F)n(C)c2=O)c(C)c1. The molecule has 2 rings (SSSR count). The lowest BCUT2D eigenvalue weighted by atomic mass is 10.1. The minimum Gasteiger partial charge on any atom is -0.324 e. The molecule has 6 nitrogen and oxygen atoms in total. The minimum absolute atomic E-state index is 0.365. The minimum atomic E-state index is -4.76. The summed E-state index contributed by atoms with van der Waals surface area (Å²) in [4.78, 5) is 23.7. The molecule has 0 aliphatic carbocycles. The van der Waals surface area contributed by atoms with E-state index in [-0.39, 0.29) is 0 Å². The van der Waals surface area contributed by atoms with Crippen molar-refractivity contribution in [2.24, 2.45) is 7.05 Å². The third-order valence-corrected chi connectivity index (χ3v) is 3.24. The molecular weight excluding hydrogens is 313 g/mol. The van der Waals surface area contributed by atoms with E-state index in [2.05, 4.69) is 10.4 Å². The Morgan fingerprint density at radius 2 is 1.96 bits per heavy atom. The van der Waals surface area contributed by atoms with Crippen LogP contribution in [0.4, 0.5) is 18.9 Å². The molecule has 0 unspecified atom stereocenters. The Hall–Kier alpha value is -2.58. The van der Waals surface area contributed by atoms with Gasteiger partial charge < -0.3 is 5.32 Å². The van der Waals surface area contributed by atoms with Crippen LogP contribution in [0.3, 0.4) is 0 Å². The van der Waals surface area contributed by atoms with E-state index in [0.717, 1.165) is 18.2 Å². The zero-order chi connectivity index (χ0) is 17.4. The van der Waals surface area contributed by atoms with E-state index in [1.165, 1.54) is 0 Å². The van der Waals surface area contributed by atoms with E-state index < -0.39 is 30.1 Å². The molecule has 0 atom stereocenters. The average molecular weight is 328 g/mol. The van der Waals surface area contributed by atoms with E-state index >= 15 is 0 Å². The monoisotopic (exact) mass is 328 g/mol. The van der Waals surface area contributed by atoms with Gasteiger partial charge in [-0.3, -0.25) is 9.36 Å². The highest BCUT2D eigenvalue weighted by atomic mass is 19.4. The summed E-state index contributed by atoms with van der Waals surface area (Å²) in [6, 6.07) is 5.33. The summed E-state index contributed by atoms with van der Waals surface area (Å²) >= 11 is 0. The highest BCUT2D eigenvalue weighted by molar-refractivity contribution is 5.91. The normalized spacial score (nSPS) is 11.6. The van der Waals surface area contributed by atoms with Crippen molar-refractivity contribution >= 4 is 11.6 Å². The Morgan fingerprint density at radius 1 is 1.30 bits per heavy atom. The maximum atomic E-state index is 12.7. The number of benzene rings is 1. The number of halogens is 3. The van der Waals surface area contributed by atoms with E-state index in [0.29, 0.717) is 14.9 Å². The first kappa shape index (κ1) is 16.8. The topological polar surface area (TPSA) is 68.9 Å². The molecule has 0 radical (unpaired) electrons. The highest BCUT2D eigenvalue weighted by Crippen LogP contribution is 2.26. The van der Waals surface area contributed by atoms with Crippen molar-refractivity contribution in [1.29, 1.82) is 0 Å². The van der Waals surface area contributed by atoms with Gasteiger partial charge in [-0.25, -0.2) is 9.48 Å². The Bertz CT molecular complexity index is 805. The van der Waals surface area contributed by atoms with E-state index in [1.54, 1.807) is 19.1 Å². The smallest absolute Gasteiger partial charge is 0.324 e. The Kier molecular flexibility index (Phi) is 4.31. The number of hydrogen-bond donors (Lipinski definition) is 1. The molecule has 124 valence electrons. The number of carbonyl (C=O) groups excluding carboxylic acids is 1. The van der Waals surface area contributed by atoms with Crippen LogP contribution >= 0.6 is 0 Å². The van der Waals surface area contributed by atoms with Crippen LogP contribution in [0.1, 0.15) is 17.0 Å². The first-order valence-corrected chi connectivity index (χ1v) is 6.67. The molecule has 0 bridgehead atoms. The van der Waals surface area contributed by atoms with Gasteiger partial charge >= 0.3 is 11.9 Å². The van der Waals surface area contributed by atoms with Crippen molar-refractivity contribution in [2.45, 2.75) is 26.6 Å². The summed E-state index contributed by atoms with van der Waals surface area (Å²) in [5.41, 5.74) is 1.34. The number of alkyl halides is 3. The van der Waals surface area contributed by atoms with Gasteiger partial charge in [-0.1, -0.05) is 17.7 Å². The number of anilines is 1. The fourth-order valence-electron chi connectivity index (χ4n) is 2.12. The van der Waals surface area contributed by atoms with E-state index in [9.17, 15) is 22.8 Å². The predicted molar refractivity (Wildman–Crippen MR) is 77.0 cm³/mol. The van der Waals surface area contributed by atoms with Crippen molar-refractivity contribution in [1.82, 2.24) is 14.3 Å². The molecule has 23 heavy (non-hydrogen) atoms. The lowest BCUT2D eigenvalue weighted by Crippen LogP contribution is -2.29. The Balaban J connectivity index is 2.19. The molecule has 9 heteroatoms. The molecule has 0 fully saturated rings. The summed E-state index contributed by atoms with van der Waals surface area (Å²) in [5.74, 6) is -1.98. The Morgan fingerprint density at radius 3 is 2.48 bits per heavy atom. The quantitative estimate of drug-likeness (QED) is 0.935. The van der Waals surface area contributed by atoms with E-state index in [4.69, 9.17) is 0 Å². The molecular formula is C14H15F3N4O2. The molecule has 1 amide bonds. The van der Waals surface area contributed by atoms with Gasteiger partial charge in [-0.15, -0.1) is 5.10 Å². The van der Waals surface area contributed by atoms with Gasteiger partial charge in [0.15, 0.2) is 0 Å². The number of nitrogens with zero attached hydrogens (tertiary/aromatic N) is 3. The third kappa shape index (κ3) is 3.61. The lowest BCUT2D eigenvalue weighted by molar-refractivity contribution is -0.147. The van der Waals surface area contributed by atoms with Crippen molar-refractivity contribution < 1.29 is 18.0 Å². The second-order valence-corrected chi connectivity index (χ2v) is 5.19. The van der Waals surface area contributed by atoms with E-state index in [1.807, 2.05) is 13.0 Å². The Labute approximate surface area is 129 Å². The van der Waals surface area contributed by atoms with Crippen LogP contribution < -0.4 is 11.0 Å². The highest BCUT2D eigenvalue weighted by Gasteiger charge is 2.38. The number of aryl methyl sites for hydroxylation is 2. The summed E-state index contributed by atoms with van der Waals surface area (Å²) < 4.78 is 38.9. The first-order chi connectivity index (χ1) is 10.6. The number of aromatic nitrogens is 3. The number of amides is 1. The standard InChI is InChI=1S/C14H15F3N4O2/c1-8-4-5-10(9(2)6-8)18-11(22)7-21-13(23)20(3)12(19-21)14(15,16)17/h4-6H,7H2,1-3H3,(H,18,22). The van der Waals surface area contributed by atoms with Crippen LogP contribution in [-0.4, -0.2) is 20.3 Å². The number of carbonyl (C=O) groups is 1. The molecule has 1 N–H and O–H groups in total. The molecule has 1 heterocycles. The largest absolute Gasteiger partial charge is 0.451 e. The van der Waals surface area contributed by atoms with Crippen LogP contribution in [0.15, 0.2) is 23.0 Å². The second-order valence-electron chi connectivity index (χ2n) is 5.19. The van der Waals surface area contributed by atoms with Crippen LogP contribution in [0.25, 0.3) is 0 Å². The zero-order valence-electron chi connectivity index (χ0n) is 12.7. The molecule has 0 spiro atoms.